The molecule has 0 saturated carbocycles. The van der Waals surface area contributed by atoms with Crippen molar-refractivity contribution in [3.8, 4) is 0 Å². The first-order valence-electron chi connectivity index (χ1n) is 5.61. The number of carbonyl (C=O) groups is 2. The first kappa shape index (κ1) is 15.3. The highest BCUT2D eigenvalue weighted by Gasteiger charge is 2.43. The molecule has 1 N–H and O–H groups in total. The maximum atomic E-state index is 12.6. The Morgan fingerprint density at radius 1 is 1.53 bits per heavy atom. The van der Waals surface area contributed by atoms with Crippen LogP contribution in [0, 0.1) is 5.92 Å². The second-order valence-electron chi connectivity index (χ2n) is 4.52. The summed E-state index contributed by atoms with van der Waals surface area (Å²) in [5, 5.41) is 1.74. The SMILES string of the molecule is COC(=O)C1C=C(C(F)(F)F)NC(=O)N1CC(C)C. The van der Waals surface area contributed by atoms with Crippen LogP contribution in [0.25, 0.3) is 0 Å². The van der Waals surface area contributed by atoms with E-state index in [-0.39, 0.29) is 12.5 Å². The average Bonchev–Trinajstić information content (AvgIpc) is 2.28. The molecule has 0 aromatic heterocycles. The molecule has 5 nitrogen and oxygen atoms in total. The van der Waals surface area contributed by atoms with E-state index in [1.54, 1.807) is 19.2 Å². The zero-order valence-electron chi connectivity index (χ0n) is 10.7. The minimum Gasteiger partial charge on any atom is -0.467 e. The van der Waals surface area contributed by atoms with Crippen LogP contribution in [0.3, 0.4) is 0 Å². The number of urea groups is 1. The van der Waals surface area contributed by atoms with Gasteiger partial charge in [0.05, 0.1) is 7.11 Å². The Morgan fingerprint density at radius 3 is 2.53 bits per heavy atom. The molecule has 108 valence electrons. The Labute approximate surface area is 108 Å². The highest BCUT2D eigenvalue weighted by atomic mass is 19.4. The molecule has 1 atom stereocenters. The van der Waals surface area contributed by atoms with Crippen LogP contribution in [0.1, 0.15) is 13.8 Å². The van der Waals surface area contributed by atoms with E-state index in [0.29, 0.717) is 6.08 Å². The summed E-state index contributed by atoms with van der Waals surface area (Å²) in [5.41, 5.74) is -1.24. The first-order valence-corrected chi connectivity index (χ1v) is 5.61. The summed E-state index contributed by atoms with van der Waals surface area (Å²) in [6, 6.07) is -2.32. The quantitative estimate of drug-likeness (QED) is 0.800. The number of esters is 1. The minimum atomic E-state index is -4.72. The number of hydrogen-bond donors (Lipinski definition) is 1. The zero-order valence-corrected chi connectivity index (χ0v) is 10.7. The Kier molecular flexibility index (Phi) is 4.43. The van der Waals surface area contributed by atoms with E-state index in [9.17, 15) is 22.8 Å². The molecule has 2 amide bonds. The molecule has 0 aromatic rings. The van der Waals surface area contributed by atoms with Crippen LogP contribution in [0.15, 0.2) is 11.8 Å². The lowest BCUT2D eigenvalue weighted by atomic mass is 10.1. The highest BCUT2D eigenvalue weighted by Crippen LogP contribution is 2.27. The summed E-state index contributed by atoms with van der Waals surface area (Å²) in [5.74, 6) is -0.906. The lowest BCUT2D eigenvalue weighted by molar-refractivity contribution is -0.144. The van der Waals surface area contributed by atoms with Crippen molar-refractivity contribution >= 4 is 12.0 Å². The van der Waals surface area contributed by atoms with Gasteiger partial charge in [-0.05, 0) is 12.0 Å². The van der Waals surface area contributed by atoms with Gasteiger partial charge in [0.1, 0.15) is 5.70 Å². The van der Waals surface area contributed by atoms with Gasteiger partial charge in [-0.25, -0.2) is 9.59 Å². The first-order chi connectivity index (χ1) is 8.66. The Morgan fingerprint density at radius 2 is 2.11 bits per heavy atom. The Bertz CT molecular complexity index is 404. The fraction of sp³-hybridized carbons (Fsp3) is 0.636. The molecular weight excluding hydrogens is 265 g/mol. The topological polar surface area (TPSA) is 58.6 Å². The van der Waals surface area contributed by atoms with Crippen LogP contribution in [0.4, 0.5) is 18.0 Å². The molecule has 1 rings (SSSR count). The van der Waals surface area contributed by atoms with Crippen molar-refractivity contribution in [2.45, 2.75) is 26.1 Å². The summed E-state index contributed by atoms with van der Waals surface area (Å²) in [6.07, 6.45) is -4.05. The van der Waals surface area contributed by atoms with E-state index >= 15 is 0 Å². The number of amides is 2. The third kappa shape index (κ3) is 3.62. The second kappa shape index (κ2) is 5.50. The van der Waals surface area contributed by atoms with E-state index in [4.69, 9.17) is 0 Å². The molecule has 1 heterocycles. The molecular formula is C11H15F3N2O3. The van der Waals surface area contributed by atoms with E-state index in [1.807, 2.05) is 0 Å². The van der Waals surface area contributed by atoms with E-state index in [2.05, 4.69) is 4.74 Å². The number of halogens is 3. The number of alkyl halides is 3. The fourth-order valence-electron chi connectivity index (χ4n) is 1.67. The third-order valence-corrected chi connectivity index (χ3v) is 2.47. The van der Waals surface area contributed by atoms with Gasteiger partial charge in [-0.3, -0.25) is 0 Å². The highest BCUT2D eigenvalue weighted by molar-refractivity contribution is 5.88. The smallest absolute Gasteiger partial charge is 0.431 e. The van der Waals surface area contributed by atoms with E-state index in [1.165, 1.54) is 0 Å². The lowest BCUT2D eigenvalue weighted by Gasteiger charge is -2.34. The molecule has 1 unspecified atom stereocenters. The largest absolute Gasteiger partial charge is 0.467 e. The second-order valence-corrected chi connectivity index (χ2v) is 4.52. The molecule has 0 spiro atoms. The molecule has 1 aliphatic heterocycles. The van der Waals surface area contributed by atoms with Crippen molar-refractivity contribution in [3.05, 3.63) is 11.8 Å². The van der Waals surface area contributed by atoms with Gasteiger partial charge in [0.2, 0.25) is 0 Å². The molecule has 0 radical (unpaired) electrons. The molecule has 8 heteroatoms. The van der Waals surface area contributed by atoms with Crippen molar-refractivity contribution in [1.29, 1.82) is 0 Å². The summed E-state index contributed by atoms with van der Waals surface area (Å²) in [6.45, 7) is 3.71. The van der Waals surface area contributed by atoms with Gasteiger partial charge in [0.25, 0.3) is 0 Å². The van der Waals surface area contributed by atoms with Crippen molar-refractivity contribution in [2.24, 2.45) is 5.92 Å². The standard InChI is InChI=1S/C11H15F3N2O3/c1-6(2)5-16-7(9(17)19-3)4-8(11(12,13)14)15-10(16)18/h4,6-7H,5H2,1-3H3,(H,15,18). The number of carbonyl (C=O) groups excluding carboxylic acids is 2. The average molecular weight is 280 g/mol. The molecule has 0 saturated heterocycles. The molecule has 0 aliphatic carbocycles. The van der Waals surface area contributed by atoms with Crippen LogP contribution in [0.2, 0.25) is 0 Å². The van der Waals surface area contributed by atoms with Gasteiger partial charge in [-0.15, -0.1) is 0 Å². The zero-order chi connectivity index (χ0) is 14.8. The maximum Gasteiger partial charge on any atom is 0.431 e. The molecule has 19 heavy (non-hydrogen) atoms. The maximum absolute atomic E-state index is 12.6. The Hall–Kier alpha value is -1.73. The van der Waals surface area contributed by atoms with Gasteiger partial charge < -0.3 is 15.0 Å². The number of nitrogens with zero attached hydrogens (tertiary/aromatic N) is 1. The van der Waals surface area contributed by atoms with Crippen LogP contribution in [-0.4, -0.2) is 42.8 Å². The molecule has 0 fully saturated rings. The van der Waals surface area contributed by atoms with Crippen molar-refractivity contribution in [3.63, 3.8) is 0 Å². The number of allylic oxidation sites excluding steroid dienone is 1. The summed E-state index contributed by atoms with van der Waals surface area (Å²) < 4.78 is 42.2. The molecule has 0 bridgehead atoms. The number of rotatable bonds is 3. The van der Waals surface area contributed by atoms with Crippen LogP contribution >= 0.6 is 0 Å². The number of hydrogen-bond acceptors (Lipinski definition) is 3. The van der Waals surface area contributed by atoms with Gasteiger partial charge in [0, 0.05) is 6.54 Å². The van der Waals surface area contributed by atoms with Crippen LogP contribution in [0.5, 0.6) is 0 Å². The Balaban J connectivity index is 3.11. The van der Waals surface area contributed by atoms with Crippen LogP contribution < -0.4 is 5.32 Å². The molecule has 0 aromatic carbocycles. The summed E-state index contributed by atoms with van der Waals surface area (Å²) in [4.78, 5) is 24.2. The lowest BCUT2D eigenvalue weighted by Crippen LogP contribution is -2.55. The van der Waals surface area contributed by atoms with Gasteiger partial charge in [-0.1, -0.05) is 13.8 Å². The molecule has 1 aliphatic rings. The van der Waals surface area contributed by atoms with Crippen molar-refractivity contribution in [2.75, 3.05) is 13.7 Å². The number of nitrogens with one attached hydrogen (secondary N) is 1. The van der Waals surface area contributed by atoms with Crippen LogP contribution in [-0.2, 0) is 9.53 Å². The summed E-state index contributed by atoms with van der Waals surface area (Å²) in [7, 11) is 1.06. The number of methoxy groups -OCH3 is 1. The van der Waals surface area contributed by atoms with Gasteiger partial charge >= 0.3 is 18.2 Å². The van der Waals surface area contributed by atoms with Crippen molar-refractivity contribution < 1.29 is 27.5 Å². The predicted molar refractivity (Wildman–Crippen MR) is 60.0 cm³/mol. The minimum absolute atomic E-state index is 0.00116. The third-order valence-electron chi connectivity index (χ3n) is 2.47. The van der Waals surface area contributed by atoms with Gasteiger partial charge in [-0.2, -0.15) is 13.2 Å². The van der Waals surface area contributed by atoms with Gasteiger partial charge in [0.15, 0.2) is 6.04 Å². The summed E-state index contributed by atoms with van der Waals surface area (Å²) >= 11 is 0. The monoisotopic (exact) mass is 280 g/mol. The van der Waals surface area contributed by atoms with Crippen molar-refractivity contribution in [1.82, 2.24) is 10.2 Å². The van der Waals surface area contributed by atoms with E-state index in [0.717, 1.165) is 12.0 Å². The fourth-order valence-corrected chi connectivity index (χ4v) is 1.67. The normalized spacial score (nSPS) is 20.2. The number of ether oxygens (including phenoxy) is 1. The van der Waals surface area contributed by atoms with E-state index < -0.39 is 29.9 Å². The predicted octanol–water partition coefficient (Wildman–Crippen LogP) is 1.66.